The van der Waals surface area contributed by atoms with Crippen LogP contribution in [0, 0.1) is 6.92 Å². The zero-order valence-corrected chi connectivity index (χ0v) is 14.8. The van der Waals surface area contributed by atoms with Crippen LogP contribution in [0.5, 0.6) is 0 Å². The highest BCUT2D eigenvalue weighted by Crippen LogP contribution is 2.40. The largest absolute Gasteiger partial charge is 0.458 e. The molecule has 0 aliphatic carbocycles. The van der Waals surface area contributed by atoms with Gasteiger partial charge in [-0.2, -0.15) is 0 Å². The van der Waals surface area contributed by atoms with Gasteiger partial charge in [0.2, 0.25) is 0 Å². The van der Waals surface area contributed by atoms with E-state index in [0.29, 0.717) is 5.92 Å². The molecule has 1 heterocycles. The molecule has 1 atom stereocenters. The van der Waals surface area contributed by atoms with E-state index in [-0.39, 0.29) is 18.3 Å². The van der Waals surface area contributed by atoms with Gasteiger partial charge in [0.1, 0.15) is 0 Å². The third-order valence-corrected chi connectivity index (χ3v) is 5.06. The SMILES string of the molecule is C/C=C/C[C@H](CB1OC(C)(C)C(C)(C)O1)c1ccccc1C. The normalized spacial score (nSPS) is 21.5. The summed E-state index contributed by atoms with van der Waals surface area (Å²) in [4.78, 5) is 0. The van der Waals surface area contributed by atoms with E-state index in [1.54, 1.807) is 0 Å². The number of rotatable bonds is 5. The Balaban J connectivity index is 2.17. The fourth-order valence-electron chi connectivity index (χ4n) is 2.99. The van der Waals surface area contributed by atoms with Gasteiger partial charge in [-0.05, 0) is 71.3 Å². The predicted octanol–water partition coefficient (Wildman–Crippen LogP) is 5.14. The first-order valence-corrected chi connectivity index (χ1v) is 8.29. The summed E-state index contributed by atoms with van der Waals surface area (Å²) in [5, 5.41) is 0. The van der Waals surface area contributed by atoms with Crippen molar-refractivity contribution in [3.8, 4) is 0 Å². The summed E-state index contributed by atoms with van der Waals surface area (Å²) in [6.07, 6.45) is 6.27. The number of benzene rings is 1. The molecule has 0 radical (unpaired) electrons. The summed E-state index contributed by atoms with van der Waals surface area (Å²) in [6, 6.07) is 8.63. The monoisotopic (exact) mass is 300 g/mol. The van der Waals surface area contributed by atoms with Crippen LogP contribution in [0.1, 0.15) is 58.1 Å². The molecule has 1 saturated heterocycles. The van der Waals surface area contributed by atoms with Gasteiger partial charge in [0.25, 0.3) is 0 Å². The molecule has 0 bridgehead atoms. The van der Waals surface area contributed by atoms with E-state index in [4.69, 9.17) is 9.31 Å². The Hall–Kier alpha value is -1.06. The van der Waals surface area contributed by atoms with Crippen molar-refractivity contribution >= 4 is 7.12 Å². The van der Waals surface area contributed by atoms with Crippen molar-refractivity contribution in [2.75, 3.05) is 0 Å². The van der Waals surface area contributed by atoms with Gasteiger partial charge in [0.15, 0.2) is 0 Å². The molecule has 0 spiro atoms. The quantitative estimate of drug-likeness (QED) is 0.554. The minimum atomic E-state index is -0.255. The number of hydrogen-bond acceptors (Lipinski definition) is 2. The molecule has 1 aliphatic rings. The molecular formula is C19H29BO2. The first-order chi connectivity index (χ1) is 10.3. The van der Waals surface area contributed by atoms with Gasteiger partial charge >= 0.3 is 7.12 Å². The highest BCUT2D eigenvalue weighted by Gasteiger charge is 2.51. The van der Waals surface area contributed by atoms with Crippen LogP contribution in [0.2, 0.25) is 6.32 Å². The van der Waals surface area contributed by atoms with Gasteiger partial charge in [-0.1, -0.05) is 36.4 Å². The van der Waals surface area contributed by atoms with Crippen molar-refractivity contribution in [2.24, 2.45) is 0 Å². The maximum absolute atomic E-state index is 6.19. The minimum absolute atomic E-state index is 0.139. The molecule has 1 fully saturated rings. The molecule has 2 rings (SSSR count). The lowest BCUT2D eigenvalue weighted by atomic mass is 9.72. The second kappa shape index (κ2) is 6.60. The number of allylic oxidation sites excluding steroid dienone is 2. The fraction of sp³-hybridized carbons (Fsp3) is 0.579. The molecule has 0 amide bonds. The zero-order valence-electron chi connectivity index (χ0n) is 14.8. The van der Waals surface area contributed by atoms with Crippen LogP contribution in [0.4, 0.5) is 0 Å². The van der Waals surface area contributed by atoms with Gasteiger partial charge in [0, 0.05) is 0 Å². The maximum Gasteiger partial charge on any atom is 0.458 e. The number of hydrogen-bond donors (Lipinski definition) is 0. The van der Waals surface area contributed by atoms with Crippen LogP contribution in [0.25, 0.3) is 0 Å². The molecule has 22 heavy (non-hydrogen) atoms. The van der Waals surface area contributed by atoms with Crippen molar-refractivity contribution < 1.29 is 9.31 Å². The molecule has 0 aromatic heterocycles. The summed E-state index contributed by atoms with van der Waals surface area (Å²) >= 11 is 0. The average Bonchev–Trinajstić information content (AvgIpc) is 2.63. The van der Waals surface area contributed by atoms with E-state index < -0.39 is 0 Å². The summed E-state index contributed by atoms with van der Waals surface area (Å²) in [7, 11) is -0.139. The van der Waals surface area contributed by atoms with E-state index in [1.807, 2.05) is 0 Å². The molecule has 0 saturated carbocycles. The van der Waals surface area contributed by atoms with Crippen molar-refractivity contribution in [2.45, 2.75) is 71.4 Å². The van der Waals surface area contributed by atoms with Crippen LogP contribution >= 0.6 is 0 Å². The first kappa shape index (κ1) is 17.3. The fourth-order valence-corrected chi connectivity index (χ4v) is 2.99. The first-order valence-electron chi connectivity index (χ1n) is 8.29. The summed E-state index contributed by atoms with van der Waals surface area (Å²) in [5.41, 5.74) is 2.23. The van der Waals surface area contributed by atoms with E-state index in [1.165, 1.54) is 11.1 Å². The highest BCUT2D eigenvalue weighted by molar-refractivity contribution is 6.45. The van der Waals surface area contributed by atoms with Gasteiger partial charge in [0.05, 0.1) is 11.2 Å². The van der Waals surface area contributed by atoms with E-state index in [2.05, 4.69) is 78.0 Å². The van der Waals surface area contributed by atoms with Crippen LogP contribution in [0.3, 0.4) is 0 Å². The van der Waals surface area contributed by atoms with Gasteiger partial charge in [-0.15, -0.1) is 0 Å². The van der Waals surface area contributed by atoms with Crippen molar-refractivity contribution in [3.05, 3.63) is 47.5 Å². The predicted molar refractivity (Wildman–Crippen MR) is 94.2 cm³/mol. The molecule has 3 heteroatoms. The Kier molecular flexibility index (Phi) is 5.19. The topological polar surface area (TPSA) is 18.5 Å². The second-order valence-corrected chi connectivity index (χ2v) is 7.28. The number of aryl methyl sites for hydroxylation is 1. The van der Waals surface area contributed by atoms with Crippen molar-refractivity contribution in [1.82, 2.24) is 0 Å². The Labute approximate surface area is 136 Å². The van der Waals surface area contributed by atoms with Gasteiger partial charge < -0.3 is 9.31 Å². The lowest BCUT2D eigenvalue weighted by Gasteiger charge is -2.32. The smallest absolute Gasteiger partial charge is 0.403 e. The Bertz CT molecular complexity index is 518. The molecule has 0 unspecified atom stereocenters. The lowest BCUT2D eigenvalue weighted by molar-refractivity contribution is 0.00578. The molecule has 1 aromatic rings. The average molecular weight is 300 g/mol. The minimum Gasteiger partial charge on any atom is -0.403 e. The Morgan fingerprint density at radius 1 is 1.09 bits per heavy atom. The van der Waals surface area contributed by atoms with E-state index in [9.17, 15) is 0 Å². The highest BCUT2D eigenvalue weighted by atomic mass is 16.7. The Morgan fingerprint density at radius 2 is 1.68 bits per heavy atom. The maximum atomic E-state index is 6.19. The summed E-state index contributed by atoms with van der Waals surface area (Å²) in [5.74, 6) is 0.423. The van der Waals surface area contributed by atoms with Gasteiger partial charge in [-0.3, -0.25) is 0 Å². The zero-order chi connectivity index (χ0) is 16.4. The summed E-state index contributed by atoms with van der Waals surface area (Å²) < 4.78 is 12.4. The molecule has 120 valence electrons. The van der Waals surface area contributed by atoms with Gasteiger partial charge in [-0.25, -0.2) is 0 Å². The molecular weight excluding hydrogens is 271 g/mol. The molecule has 1 aromatic carbocycles. The summed E-state index contributed by atoms with van der Waals surface area (Å²) in [6.45, 7) is 12.7. The molecule has 2 nitrogen and oxygen atoms in total. The standard InChI is InChI=1S/C19H29BO2/c1-7-8-12-16(17-13-10-9-11-15(17)2)14-20-21-18(3,4)19(5,6)22-20/h7-11,13,16H,12,14H2,1-6H3/b8-7+/t16-/m1/s1. The Morgan fingerprint density at radius 3 is 2.23 bits per heavy atom. The molecule has 0 N–H and O–H groups in total. The van der Waals surface area contributed by atoms with Crippen molar-refractivity contribution in [1.29, 1.82) is 0 Å². The van der Waals surface area contributed by atoms with Crippen molar-refractivity contribution in [3.63, 3.8) is 0 Å². The third-order valence-electron chi connectivity index (χ3n) is 5.06. The lowest BCUT2D eigenvalue weighted by Crippen LogP contribution is -2.41. The third kappa shape index (κ3) is 3.64. The van der Waals surface area contributed by atoms with Crippen LogP contribution in [-0.4, -0.2) is 18.3 Å². The van der Waals surface area contributed by atoms with Crippen LogP contribution in [-0.2, 0) is 9.31 Å². The van der Waals surface area contributed by atoms with E-state index >= 15 is 0 Å². The molecule has 1 aliphatic heterocycles. The van der Waals surface area contributed by atoms with Crippen LogP contribution < -0.4 is 0 Å². The van der Waals surface area contributed by atoms with Crippen LogP contribution in [0.15, 0.2) is 36.4 Å². The second-order valence-electron chi connectivity index (χ2n) is 7.28. The van der Waals surface area contributed by atoms with E-state index in [0.717, 1.165) is 12.7 Å².